The maximum Gasteiger partial charge on any atom is 0.243 e. The fourth-order valence-electron chi connectivity index (χ4n) is 2.60. The first-order chi connectivity index (χ1) is 13.2. The predicted octanol–water partition coefficient (Wildman–Crippen LogP) is 3.85. The van der Waals surface area contributed by atoms with Gasteiger partial charge in [0.25, 0.3) is 0 Å². The van der Waals surface area contributed by atoms with Gasteiger partial charge in [-0.15, -0.1) is 11.8 Å². The molecule has 0 fully saturated rings. The fraction of sp³-hybridized carbons (Fsp3) is 0.350. The molecule has 0 aliphatic heterocycles. The van der Waals surface area contributed by atoms with Crippen molar-refractivity contribution >= 4 is 33.4 Å². The molecule has 0 saturated carbocycles. The summed E-state index contributed by atoms with van der Waals surface area (Å²) in [4.78, 5) is 13.5. The van der Waals surface area contributed by atoms with Gasteiger partial charge in [0.2, 0.25) is 15.9 Å². The lowest BCUT2D eigenvalue weighted by molar-refractivity contribution is -0.115. The highest BCUT2D eigenvalue weighted by atomic mass is 32.2. The molecule has 2 rings (SSSR count). The summed E-state index contributed by atoms with van der Waals surface area (Å²) in [5, 5.41) is 12.3. The average molecular weight is 423 g/mol. The fourth-order valence-corrected chi connectivity index (χ4v) is 4.95. The van der Waals surface area contributed by atoms with Gasteiger partial charge in [-0.05, 0) is 44.2 Å². The number of phenolic OH excluding ortho intramolecular Hbond substituents is 1. The summed E-state index contributed by atoms with van der Waals surface area (Å²) in [5.41, 5.74) is 1.21. The molecule has 8 heteroatoms. The highest BCUT2D eigenvalue weighted by molar-refractivity contribution is 8.00. The van der Waals surface area contributed by atoms with E-state index in [9.17, 15) is 18.3 Å². The van der Waals surface area contributed by atoms with Crippen LogP contribution in [0.15, 0.2) is 52.3 Å². The van der Waals surface area contributed by atoms with Gasteiger partial charge in [-0.2, -0.15) is 4.31 Å². The second-order valence-electron chi connectivity index (χ2n) is 6.33. The van der Waals surface area contributed by atoms with E-state index in [1.807, 2.05) is 31.2 Å². The quantitative estimate of drug-likeness (QED) is 0.498. The van der Waals surface area contributed by atoms with Crippen molar-refractivity contribution in [1.29, 1.82) is 0 Å². The van der Waals surface area contributed by atoms with Crippen molar-refractivity contribution in [2.24, 2.45) is 0 Å². The van der Waals surface area contributed by atoms with Gasteiger partial charge in [0.15, 0.2) is 0 Å². The molecule has 152 valence electrons. The third-order valence-electron chi connectivity index (χ3n) is 4.27. The maximum atomic E-state index is 12.7. The Kier molecular flexibility index (Phi) is 7.51. The van der Waals surface area contributed by atoms with Crippen molar-refractivity contribution in [3.05, 3.63) is 48.0 Å². The normalized spacial score (nSPS) is 12.8. The van der Waals surface area contributed by atoms with Crippen molar-refractivity contribution in [2.45, 2.75) is 42.7 Å². The minimum atomic E-state index is -3.68. The molecule has 6 nitrogen and oxygen atoms in total. The average Bonchev–Trinajstić information content (AvgIpc) is 2.65. The lowest BCUT2D eigenvalue weighted by atomic mass is 10.2. The predicted molar refractivity (Wildman–Crippen MR) is 113 cm³/mol. The molecule has 2 aromatic carbocycles. The molecule has 28 heavy (non-hydrogen) atoms. The van der Waals surface area contributed by atoms with E-state index in [-0.39, 0.29) is 22.2 Å². The molecule has 2 N–H and O–H groups in total. The Hall–Kier alpha value is -2.03. The Bertz CT molecular complexity index is 924. The summed E-state index contributed by atoms with van der Waals surface area (Å²) < 4.78 is 26.7. The SMILES string of the molecule is CCN(CC)S(=O)(=O)c1ccc(O)c(NC(=O)C(C)Sc2ccc(C)cc2)c1. The number of carbonyl (C=O) groups excluding carboxylic acids is 1. The van der Waals surface area contributed by atoms with Gasteiger partial charge in [0, 0.05) is 18.0 Å². The van der Waals surface area contributed by atoms with Gasteiger partial charge in [0.05, 0.1) is 15.8 Å². The molecule has 0 bridgehead atoms. The van der Waals surface area contributed by atoms with Crippen LogP contribution < -0.4 is 5.32 Å². The summed E-state index contributed by atoms with van der Waals surface area (Å²) in [6, 6.07) is 11.7. The van der Waals surface area contributed by atoms with Crippen molar-refractivity contribution < 1.29 is 18.3 Å². The maximum absolute atomic E-state index is 12.7. The first kappa shape index (κ1) is 22.3. The zero-order chi connectivity index (χ0) is 20.9. The largest absolute Gasteiger partial charge is 0.506 e. The van der Waals surface area contributed by atoms with Crippen molar-refractivity contribution in [1.82, 2.24) is 4.31 Å². The number of anilines is 1. The smallest absolute Gasteiger partial charge is 0.243 e. The minimum Gasteiger partial charge on any atom is -0.506 e. The molecule has 0 aliphatic carbocycles. The van der Waals surface area contributed by atoms with E-state index in [1.165, 1.54) is 34.3 Å². The first-order valence-corrected chi connectivity index (χ1v) is 11.4. The van der Waals surface area contributed by atoms with Crippen LogP contribution in [0.3, 0.4) is 0 Å². The number of aromatic hydroxyl groups is 1. The lowest BCUT2D eigenvalue weighted by Crippen LogP contribution is -2.30. The molecule has 0 radical (unpaired) electrons. The third kappa shape index (κ3) is 5.27. The Morgan fingerprint density at radius 1 is 1.14 bits per heavy atom. The number of hydrogen-bond donors (Lipinski definition) is 2. The van der Waals surface area contributed by atoms with Crippen LogP contribution in [0.1, 0.15) is 26.3 Å². The number of hydrogen-bond acceptors (Lipinski definition) is 5. The van der Waals surface area contributed by atoms with E-state index in [0.29, 0.717) is 13.1 Å². The second-order valence-corrected chi connectivity index (χ2v) is 9.68. The molecule has 0 aliphatic rings. The molecular weight excluding hydrogens is 396 g/mol. The van der Waals surface area contributed by atoms with Gasteiger partial charge in [0.1, 0.15) is 5.75 Å². The number of phenols is 1. The van der Waals surface area contributed by atoms with E-state index in [1.54, 1.807) is 20.8 Å². The third-order valence-corrected chi connectivity index (χ3v) is 7.43. The van der Waals surface area contributed by atoms with Gasteiger partial charge in [-0.25, -0.2) is 8.42 Å². The molecule has 0 saturated heterocycles. The van der Waals surface area contributed by atoms with Crippen LogP contribution in [-0.2, 0) is 14.8 Å². The van der Waals surface area contributed by atoms with Crippen LogP contribution >= 0.6 is 11.8 Å². The monoisotopic (exact) mass is 422 g/mol. The van der Waals surface area contributed by atoms with Crippen molar-refractivity contribution in [3.8, 4) is 5.75 Å². The summed E-state index contributed by atoms with van der Waals surface area (Å²) >= 11 is 1.39. The molecule has 0 spiro atoms. The van der Waals surface area contributed by atoms with E-state index >= 15 is 0 Å². The van der Waals surface area contributed by atoms with Crippen LogP contribution in [0, 0.1) is 6.92 Å². The van der Waals surface area contributed by atoms with Crippen LogP contribution in [0.4, 0.5) is 5.69 Å². The Balaban J connectivity index is 2.18. The molecule has 0 aromatic heterocycles. The van der Waals surface area contributed by atoms with Gasteiger partial charge in [-0.3, -0.25) is 4.79 Å². The Morgan fingerprint density at radius 3 is 2.32 bits per heavy atom. The van der Waals surface area contributed by atoms with Crippen LogP contribution in [0.25, 0.3) is 0 Å². The molecule has 2 aromatic rings. The number of aryl methyl sites for hydroxylation is 1. The van der Waals surface area contributed by atoms with E-state index in [2.05, 4.69) is 5.32 Å². The van der Waals surface area contributed by atoms with E-state index in [4.69, 9.17) is 0 Å². The van der Waals surface area contributed by atoms with Crippen molar-refractivity contribution in [3.63, 3.8) is 0 Å². The van der Waals surface area contributed by atoms with E-state index < -0.39 is 15.3 Å². The summed E-state index contributed by atoms with van der Waals surface area (Å²) in [6.45, 7) is 7.94. The van der Waals surface area contributed by atoms with Crippen molar-refractivity contribution in [2.75, 3.05) is 18.4 Å². The standard InChI is InChI=1S/C20H26N2O4S2/c1-5-22(6-2)28(25,26)17-11-12-19(23)18(13-17)21-20(24)15(4)27-16-9-7-14(3)8-10-16/h7-13,15,23H,5-6H2,1-4H3,(H,21,24). The highest BCUT2D eigenvalue weighted by Gasteiger charge is 2.23. The Labute approximate surface area is 171 Å². The second kappa shape index (κ2) is 9.45. The molecule has 0 heterocycles. The zero-order valence-corrected chi connectivity index (χ0v) is 18.1. The summed E-state index contributed by atoms with van der Waals surface area (Å²) in [6.07, 6.45) is 0. The van der Waals surface area contributed by atoms with E-state index in [0.717, 1.165) is 10.5 Å². The minimum absolute atomic E-state index is 0.0307. The van der Waals surface area contributed by atoms with Gasteiger partial charge >= 0.3 is 0 Å². The Morgan fingerprint density at radius 2 is 1.75 bits per heavy atom. The lowest BCUT2D eigenvalue weighted by Gasteiger charge is -2.19. The highest BCUT2D eigenvalue weighted by Crippen LogP contribution is 2.30. The number of nitrogens with one attached hydrogen (secondary N) is 1. The molecule has 1 atom stereocenters. The zero-order valence-electron chi connectivity index (χ0n) is 16.5. The van der Waals surface area contributed by atoms with Gasteiger partial charge in [-0.1, -0.05) is 31.5 Å². The molecular formula is C20H26N2O4S2. The molecule has 1 amide bonds. The molecule has 1 unspecified atom stereocenters. The van der Waals surface area contributed by atoms with Crippen LogP contribution in [0.2, 0.25) is 0 Å². The number of carbonyl (C=O) groups is 1. The number of thioether (sulfide) groups is 1. The first-order valence-electron chi connectivity index (χ1n) is 9.06. The van der Waals surface area contributed by atoms with Crippen LogP contribution in [0.5, 0.6) is 5.75 Å². The van der Waals surface area contributed by atoms with Crippen LogP contribution in [-0.4, -0.2) is 42.1 Å². The summed E-state index contributed by atoms with van der Waals surface area (Å²) in [7, 11) is -3.68. The topological polar surface area (TPSA) is 86.7 Å². The van der Waals surface area contributed by atoms with Gasteiger partial charge < -0.3 is 10.4 Å². The number of nitrogens with zero attached hydrogens (tertiary/aromatic N) is 1. The number of amides is 1. The number of benzene rings is 2. The summed E-state index contributed by atoms with van der Waals surface area (Å²) in [5.74, 6) is -0.502. The number of rotatable bonds is 8. The number of sulfonamides is 1.